The van der Waals surface area contributed by atoms with E-state index in [0.717, 1.165) is 22.0 Å². The molecule has 3 rings (SSSR count). The summed E-state index contributed by atoms with van der Waals surface area (Å²) in [7, 11) is 0. The Morgan fingerprint density at radius 1 is 0.829 bits per heavy atom. The number of hydrogen-bond acceptors (Lipinski definition) is 7. The highest BCUT2D eigenvalue weighted by Crippen LogP contribution is 2.19. The van der Waals surface area contributed by atoms with Crippen LogP contribution < -0.4 is 27.4 Å². The van der Waals surface area contributed by atoms with Crippen molar-refractivity contribution >= 4 is 47.2 Å². The van der Waals surface area contributed by atoms with Crippen molar-refractivity contribution in [3.8, 4) is 0 Å². The lowest BCUT2D eigenvalue weighted by molar-refractivity contribution is -0.141. The first-order chi connectivity index (χ1) is 19.7. The van der Waals surface area contributed by atoms with Gasteiger partial charge in [-0.3, -0.25) is 14.4 Å². The van der Waals surface area contributed by atoms with Crippen molar-refractivity contribution in [2.24, 2.45) is 11.5 Å². The molecule has 0 aliphatic heterocycles. The number of thiol groups is 1. The fraction of sp³-hybridized carbons (Fsp3) is 0.379. The van der Waals surface area contributed by atoms with Gasteiger partial charge in [0.25, 0.3) is 0 Å². The highest BCUT2D eigenvalue weighted by atomic mass is 32.1. The molecule has 41 heavy (non-hydrogen) atoms. The lowest BCUT2D eigenvalue weighted by atomic mass is 10.0. The number of nitrogens with one attached hydrogen (secondary N) is 4. The molecule has 3 amide bonds. The predicted octanol–water partition coefficient (Wildman–Crippen LogP) is 0.878. The molecule has 1 aromatic heterocycles. The minimum Gasteiger partial charge on any atom is -0.480 e. The van der Waals surface area contributed by atoms with Gasteiger partial charge in [-0.25, -0.2) is 4.79 Å². The Labute approximate surface area is 244 Å². The van der Waals surface area contributed by atoms with E-state index < -0.39 is 47.9 Å². The number of amides is 3. The molecule has 0 saturated heterocycles. The number of carboxylic acids is 1. The Kier molecular flexibility index (Phi) is 12.2. The maximum atomic E-state index is 13.5. The van der Waals surface area contributed by atoms with Crippen LogP contribution in [0.3, 0.4) is 0 Å². The molecule has 3 aromatic rings. The maximum absolute atomic E-state index is 13.5. The number of aliphatic carboxylic acids is 1. The fourth-order valence-corrected chi connectivity index (χ4v) is 4.71. The molecule has 0 bridgehead atoms. The Bertz CT molecular complexity index is 1320. The zero-order valence-electron chi connectivity index (χ0n) is 22.7. The van der Waals surface area contributed by atoms with Crippen LogP contribution in [0.5, 0.6) is 0 Å². The minimum absolute atomic E-state index is 0.112. The topological polar surface area (TPSA) is 192 Å². The van der Waals surface area contributed by atoms with Crippen molar-refractivity contribution in [1.29, 1.82) is 0 Å². The van der Waals surface area contributed by atoms with Crippen molar-refractivity contribution in [2.75, 3.05) is 12.3 Å². The van der Waals surface area contributed by atoms with Gasteiger partial charge in [0.2, 0.25) is 17.7 Å². The van der Waals surface area contributed by atoms with Crippen LogP contribution >= 0.6 is 12.6 Å². The Balaban J connectivity index is 1.74. The second kappa shape index (κ2) is 15.8. The van der Waals surface area contributed by atoms with Crippen molar-refractivity contribution in [1.82, 2.24) is 20.9 Å². The molecule has 2 aromatic carbocycles. The zero-order chi connectivity index (χ0) is 29.8. The fourth-order valence-electron chi connectivity index (χ4n) is 4.46. The number of fused-ring (bicyclic) bond motifs is 1. The third-order valence-corrected chi connectivity index (χ3v) is 7.11. The predicted molar refractivity (Wildman–Crippen MR) is 160 cm³/mol. The lowest BCUT2D eigenvalue weighted by Gasteiger charge is -2.25. The van der Waals surface area contributed by atoms with Crippen molar-refractivity contribution in [3.63, 3.8) is 0 Å². The van der Waals surface area contributed by atoms with Crippen LogP contribution in [-0.4, -0.2) is 70.2 Å². The molecule has 0 spiro atoms. The van der Waals surface area contributed by atoms with Gasteiger partial charge in [-0.05, 0) is 49.4 Å². The molecule has 4 atom stereocenters. The summed E-state index contributed by atoms with van der Waals surface area (Å²) in [6.45, 7) is 0.418. The third kappa shape index (κ3) is 9.34. The van der Waals surface area contributed by atoms with E-state index in [-0.39, 0.29) is 25.0 Å². The number of carbonyl (C=O) groups is 4. The van der Waals surface area contributed by atoms with Gasteiger partial charge in [0.15, 0.2) is 0 Å². The van der Waals surface area contributed by atoms with E-state index in [0.29, 0.717) is 19.4 Å². The first kappa shape index (κ1) is 31.7. The normalized spacial score (nSPS) is 14.0. The van der Waals surface area contributed by atoms with Gasteiger partial charge in [-0.15, -0.1) is 0 Å². The van der Waals surface area contributed by atoms with E-state index in [1.54, 1.807) is 24.3 Å². The highest BCUT2D eigenvalue weighted by Gasteiger charge is 2.30. The van der Waals surface area contributed by atoms with E-state index in [9.17, 15) is 24.3 Å². The lowest BCUT2D eigenvalue weighted by Crippen LogP contribution is -2.58. The smallest absolute Gasteiger partial charge is 0.327 e. The number of aromatic amines is 1. The Hall–Kier alpha value is -3.87. The first-order valence-electron chi connectivity index (χ1n) is 13.5. The second-order valence-electron chi connectivity index (χ2n) is 9.85. The third-order valence-electron chi connectivity index (χ3n) is 6.74. The summed E-state index contributed by atoms with van der Waals surface area (Å²) >= 11 is 4.00. The van der Waals surface area contributed by atoms with E-state index in [2.05, 4.69) is 33.6 Å². The van der Waals surface area contributed by atoms with E-state index >= 15 is 0 Å². The van der Waals surface area contributed by atoms with Crippen LogP contribution in [0.15, 0.2) is 60.8 Å². The molecule has 220 valence electrons. The van der Waals surface area contributed by atoms with Gasteiger partial charge in [0, 0.05) is 29.3 Å². The molecule has 9 N–H and O–H groups in total. The molecule has 4 unspecified atom stereocenters. The van der Waals surface area contributed by atoms with Crippen LogP contribution in [0.2, 0.25) is 0 Å². The average Bonchev–Trinajstić information content (AvgIpc) is 3.37. The molecule has 0 aliphatic rings. The molecule has 12 heteroatoms. The number of unbranched alkanes of at least 4 members (excludes halogenated alkanes) is 1. The number of aromatic nitrogens is 1. The average molecular weight is 583 g/mol. The van der Waals surface area contributed by atoms with Gasteiger partial charge in [0.1, 0.15) is 18.1 Å². The van der Waals surface area contributed by atoms with E-state index in [1.165, 1.54) is 0 Å². The minimum atomic E-state index is -1.24. The monoisotopic (exact) mass is 582 g/mol. The second-order valence-corrected chi connectivity index (χ2v) is 10.2. The number of H-pyrrole nitrogens is 1. The van der Waals surface area contributed by atoms with Gasteiger partial charge in [-0.1, -0.05) is 48.5 Å². The summed E-state index contributed by atoms with van der Waals surface area (Å²) in [4.78, 5) is 54.3. The van der Waals surface area contributed by atoms with Crippen LogP contribution in [0, 0.1) is 0 Å². The molecule has 1 heterocycles. The van der Waals surface area contributed by atoms with Crippen LogP contribution in [-0.2, 0) is 32.0 Å². The standard InChI is InChI=1S/C29H38N6O5S/c30-13-7-6-12-23(33-26(36)21(31)15-19-16-32-22-11-5-4-10-20(19)22)27(37)34-24(14-18-8-2-1-3-9-18)28(38)35-25(17-41)29(39)40/h1-5,8-11,16,21,23-25,32,41H,6-7,12-15,17,30-31H2,(H,33,36)(H,34,37)(H,35,38)(H,39,40). The number of nitrogens with two attached hydrogens (primary N) is 2. The van der Waals surface area contributed by atoms with E-state index in [4.69, 9.17) is 11.5 Å². The molecule has 0 saturated carbocycles. The number of carboxylic acid groups (broad SMARTS) is 1. The number of rotatable bonds is 16. The van der Waals surface area contributed by atoms with Crippen molar-refractivity contribution < 1.29 is 24.3 Å². The SMILES string of the molecule is NCCCCC(NC(=O)C(N)Cc1c[nH]c2ccccc12)C(=O)NC(Cc1ccccc1)C(=O)NC(CS)C(=O)O. The largest absolute Gasteiger partial charge is 0.480 e. The summed E-state index contributed by atoms with van der Waals surface area (Å²) in [6, 6.07) is 12.5. The summed E-state index contributed by atoms with van der Waals surface area (Å²) in [5.74, 6) is -3.13. The summed E-state index contributed by atoms with van der Waals surface area (Å²) in [6.07, 6.45) is 3.65. The first-order valence-corrected chi connectivity index (χ1v) is 14.2. The van der Waals surface area contributed by atoms with Gasteiger partial charge < -0.3 is 37.5 Å². The molecule has 0 radical (unpaired) electrons. The molecular formula is C29H38N6O5S. The Morgan fingerprint density at radius 3 is 2.15 bits per heavy atom. The number of para-hydroxylation sites is 1. The summed E-state index contributed by atoms with van der Waals surface area (Å²) < 4.78 is 0. The van der Waals surface area contributed by atoms with Crippen molar-refractivity contribution in [2.45, 2.75) is 56.3 Å². The van der Waals surface area contributed by atoms with Gasteiger partial charge >= 0.3 is 5.97 Å². The molecule has 0 fully saturated rings. The molecule has 0 aliphatic carbocycles. The summed E-state index contributed by atoms with van der Waals surface area (Å²) in [5, 5.41) is 18.2. The molecular weight excluding hydrogens is 544 g/mol. The number of benzene rings is 2. The van der Waals surface area contributed by atoms with Gasteiger partial charge in [0.05, 0.1) is 6.04 Å². The molecule has 11 nitrogen and oxygen atoms in total. The van der Waals surface area contributed by atoms with Gasteiger partial charge in [-0.2, -0.15) is 12.6 Å². The number of hydrogen-bond donors (Lipinski definition) is 8. The number of carbonyl (C=O) groups excluding carboxylic acids is 3. The Morgan fingerprint density at radius 2 is 1.46 bits per heavy atom. The summed E-state index contributed by atoms with van der Waals surface area (Å²) in [5.41, 5.74) is 14.5. The van der Waals surface area contributed by atoms with Crippen LogP contribution in [0.25, 0.3) is 10.9 Å². The van der Waals surface area contributed by atoms with Crippen LogP contribution in [0.4, 0.5) is 0 Å². The maximum Gasteiger partial charge on any atom is 0.327 e. The quantitative estimate of drug-likeness (QED) is 0.0907. The highest BCUT2D eigenvalue weighted by molar-refractivity contribution is 7.80. The zero-order valence-corrected chi connectivity index (χ0v) is 23.6. The van der Waals surface area contributed by atoms with E-state index in [1.807, 2.05) is 36.5 Å². The van der Waals surface area contributed by atoms with Crippen molar-refractivity contribution in [3.05, 3.63) is 71.9 Å². The van der Waals surface area contributed by atoms with Crippen LogP contribution in [0.1, 0.15) is 30.4 Å².